The Kier molecular flexibility index (Phi) is 7.80. The summed E-state index contributed by atoms with van der Waals surface area (Å²) in [5.74, 6) is -0.761. The zero-order valence-electron chi connectivity index (χ0n) is 20.9. The molecular weight excluding hydrogens is 440 g/mol. The van der Waals surface area contributed by atoms with Gasteiger partial charge in [0, 0.05) is 25.4 Å². The molecule has 34 heavy (non-hydrogen) atoms. The Morgan fingerprint density at radius 3 is 2.09 bits per heavy atom. The van der Waals surface area contributed by atoms with Crippen molar-refractivity contribution >= 4 is 18.7 Å². The van der Waals surface area contributed by atoms with E-state index in [2.05, 4.69) is 75.9 Å². The summed E-state index contributed by atoms with van der Waals surface area (Å²) in [7, 11) is -2.68. The van der Waals surface area contributed by atoms with E-state index >= 15 is 0 Å². The first-order chi connectivity index (χ1) is 16.3. The lowest BCUT2D eigenvalue weighted by Crippen LogP contribution is -2.67. The summed E-state index contributed by atoms with van der Waals surface area (Å²) in [6.07, 6.45) is 6.01. The number of benzene rings is 2. The highest BCUT2D eigenvalue weighted by Crippen LogP contribution is 2.40. The van der Waals surface area contributed by atoms with Crippen LogP contribution >= 0.6 is 0 Å². The van der Waals surface area contributed by atoms with Gasteiger partial charge in [0.25, 0.3) is 8.32 Å². The smallest absolute Gasteiger partial charge is 0.261 e. The predicted octanol–water partition coefficient (Wildman–Crippen LogP) is 4.80. The molecular formula is C29H40O4Si. The molecule has 0 unspecified atom stereocenters. The third-order valence-corrected chi connectivity index (χ3v) is 12.5. The molecule has 2 aromatic carbocycles. The molecule has 2 aromatic rings. The van der Waals surface area contributed by atoms with Crippen molar-refractivity contribution in [3.63, 3.8) is 0 Å². The van der Waals surface area contributed by atoms with E-state index in [1.165, 1.54) is 16.8 Å². The lowest BCUT2D eigenvalue weighted by atomic mass is 9.94. The number of rotatable bonds is 8. The van der Waals surface area contributed by atoms with Crippen LogP contribution in [0.1, 0.15) is 52.9 Å². The van der Waals surface area contributed by atoms with Crippen LogP contribution in [-0.4, -0.2) is 44.6 Å². The van der Waals surface area contributed by atoms with Crippen molar-refractivity contribution in [1.29, 1.82) is 0 Å². The first-order valence-corrected chi connectivity index (χ1v) is 14.6. The third-order valence-electron chi connectivity index (χ3n) is 7.52. The summed E-state index contributed by atoms with van der Waals surface area (Å²) < 4.78 is 19.5. The van der Waals surface area contributed by atoms with Crippen molar-refractivity contribution in [2.45, 2.75) is 75.9 Å². The second-order valence-electron chi connectivity index (χ2n) is 10.8. The minimum absolute atomic E-state index is 0.120. The van der Waals surface area contributed by atoms with E-state index in [0.717, 1.165) is 25.7 Å². The van der Waals surface area contributed by atoms with Gasteiger partial charge in [0.15, 0.2) is 5.79 Å². The summed E-state index contributed by atoms with van der Waals surface area (Å²) >= 11 is 0. The molecule has 0 bridgehead atoms. The second-order valence-corrected chi connectivity index (χ2v) is 15.1. The highest BCUT2D eigenvalue weighted by Gasteiger charge is 2.51. The molecule has 4 rings (SSSR count). The van der Waals surface area contributed by atoms with E-state index in [1.807, 2.05) is 18.2 Å². The van der Waals surface area contributed by atoms with E-state index in [0.29, 0.717) is 13.2 Å². The minimum atomic E-state index is -2.68. The number of ether oxygens (including phenoxy) is 2. The number of hydrogen-bond donors (Lipinski definition) is 1. The molecule has 0 radical (unpaired) electrons. The van der Waals surface area contributed by atoms with Crippen LogP contribution in [0.2, 0.25) is 5.04 Å². The van der Waals surface area contributed by atoms with Gasteiger partial charge < -0.3 is 19.0 Å². The fourth-order valence-electron chi connectivity index (χ4n) is 5.66. The summed E-state index contributed by atoms with van der Waals surface area (Å²) in [4.78, 5) is 0. The molecule has 2 fully saturated rings. The molecule has 0 aromatic heterocycles. The van der Waals surface area contributed by atoms with Gasteiger partial charge in [0.1, 0.15) is 6.10 Å². The van der Waals surface area contributed by atoms with Gasteiger partial charge in [-0.05, 0) is 28.3 Å². The molecule has 0 amide bonds. The number of hydrogen-bond acceptors (Lipinski definition) is 4. The average Bonchev–Trinajstić information content (AvgIpc) is 3.25. The Labute approximate surface area is 206 Å². The fraction of sp³-hybridized carbons (Fsp3) is 0.517. The Balaban J connectivity index is 1.58. The van der Waals surface area contributed by atoms with E-state index in [-0.39, 0.29) is 17.1 Å². The summed E-state index contributed by atoms with van der Waals surface area (Å²) in [6.45, 7) is 11.6. The van der Waals surface area contributed by atoms with Gasteiger partial charge in [-0.3, -0.25) is 0 Å². The maximum Gasteiger partial charge on any atom is 0.261 e. The van der Waals surface area contributed by atoms with Crippen LogP contribution in [-0.2, 0) is 13.9 Å². The molecule has 2 aliphatic rings. The standard InChI is InChI=1S/C29H40O4Si/c1-5-23(27(30)26-22-31-29(33-26)19-13-8-14-20-29)21-32-34(28(2,3)4,24-15-9-6-10-16-24)25-17-11-7-12-18-25/h5-7,9-12,15-18,23,26-27,30H,1,8,13-14,19-22H2,2-4H3/t23-,26-,27+/m1/s1. The van der Waals surface area contributed by atoms with Gasteiger partial charge in [-0.25, -0.2) is 0 Å². The highest BCUT2D eigenvalue weighted by molar-refractivity contribution is 6.99. The zero-order chi connectivity index (χ0) is 24.2. The first kappa shape index (κ1) is 25.3. The number of aliphatic hydroxyl groups is 1. The van der Waals surface area contributed by atoms with Crippen molar-refractivity contribution in [2.75, 3.05) is 13.2 Å². The van der Waals surface area contributed by atoms with Gasteiger partial charge in [0.05, 0.1) is 12.7 Å². The molecule has 1 heterocycles. The molecule has 1 aliphatic heterocycles. The van der Waals surface area contributed by atoms with E-state index in [4.69, 9.17) is 13.9 Å². The summed E-state index contributed by atoms with van der Waals surface area (Å²) in [5.41, 5.74) is 0. The van der Waals surface area contributed by atoms with Gasteiger partial charge >= 0.3 is 0 Å². The average molecular weight is 481 g/mol. The lowest BCUT2D eigenvalue weighted by molar-refractivity contribution is -0.197. The van der Waals surface area contributed by atoms with E-state index < -0.39 is 20.2 Å². The van der Waals surface area contributed by atoms with Crippen LogP contribution in [0.3, 0.4) is 0 Å². The normalized spacial score (nSPS) is 22.4. The molecule has 1 saturated heterocycles. The largest absolute Gasteiger partial charge is 0.407 e. The monoisotopic (exact) mass is 480 g/mol. The van der Waals surface area contributed by atoms with Crippen LogP contribution < -0.4 is 10.4 Å². The van der Waals surface area contributed by atoms with Crippen LogP contribution in [0.4, 0.5) is 0 Å². The zero-order valence-corrected chi connectivity index (χ0v) is 21.9. The van der Waals surface area contributed by atoms with Gasteiger partial charge in [-0.2, -0.15) is 0 Å². The maximum absolute atomic E-state index is 11.3. The van der Waals surface area contributed by atoms with Gasteiger partial charge in [-0.15, -0.1) is 6.58 Å². The van der Waals surface area contributed by atoms with Crippen LogP contribution in [0.5, 0.6) is 0 Å². The van der Waals surface area contributed by atoms with Crippen molar-refractivity contribution in [3.05, 3.63) is 73.3 Å². The Morgan fingerprint density at radius 1 is 1.03 bits per heavy atom. The van der Waals surface area contributed by atoms with Gasteiger partial charge in [-0.1, -0.05) is 93.9 Å². The van der Waals surface area contributed by atoms with Crippen molar-refractivity contribution < 1.29 is 19.0 Å². The molecule has 184 valence electrons. The number of aliphatic hydroxyl groups excluding tert-OH is 1. The molecule has 1 N–H and O–H groups in total. The Morgan fingerprint density at radius 2 is 1.59 bits per heavy atom. The molecule has 4 nitrogen and oxygen atoms in total. The van der Waals surface area contributed by atoms with Crippen molar-refractivity contribution in [1.82, 2.24) is 0 Å². The summed E-state index contributed by atoms with van der Waals surface area (Å²) in [5, 5.41) is 13.7. The third kappa shape index (κ3) is 4.95. The topological polar surface area (TPSA) is 47.9 Å². The quantitative estimate of drug-likeness (QED) is 0.435. The van der Waals surface area contributed by atoms with E-state index in [9.17, 15) is 5.11 Å². The van der Waals surface area contributed by atoms with Crippen molar-refractivity contribution in [3.8, 4) is 0 Å². The molecule has 1 saturated carbocycles. The lowest BCUT2D eigenvalue weighted by Gasteiger charge is -2.44. The molecule has 5 heteroatoms. The molecule has 3 atom stereocenters. The van der Waals surface area contributed by atoms with E-state index in [1.54, 1.807) is 0 Å². The second kappa shape index (κ2) is 10.5. The fourth-order valence-corrected chi connectivity index (χ4v) is 10.3. The SMILES string of the molecule is C=C[C@H](CO[Si](c1ccccc1)(c1ccccc1)C(C)(C)C)[C@H](O)[C@H]1COC2(CCCCC2)O1. The minimum Gasteiger partial charge on any atom is -0.407 e. The van der Waals surface area contributed by atoms with Crippen LogP contribution in [0.25, 0.3) is 0 Å². The van der Waals surface area contributed by atoms with Gasteiger partial charge in [0.2, 0.25) is 0 Å². The predicted molar refractivity (Wildman–Crippen MR) is 140 cm³/mol. The van der Waals surface area contributed by atoms with Crippen LogP contribution in [0, 0.1) is 5.92 Å². The molecule has 1 aliphatic carbocycles. The maximum atomic E-state index is 11.3. The Bertz CT molecular complexity index is 879. The first-order valence-electron chi connectivity index (χ1n) is 12.7. The summed E-state index contributed by atoms with van der Waals surface area (Å²) in [6, 6.07) is 21.2. The Hall–Kier alpha value is -1.76. The van der Waals surface area contributed by atoms with Crippen molar-refractivity contribution in [2.24, 2.45) is 5.92 Å². The molecule has 1 spiro atoms. The highest BCUT2D eigenvalue weighted by atomic mass is 28.4. The van der Waals surface area contributed by atoms with Crippen LogP contribution in [0.15, 0.2) is 73.3 Å².